The molecule has 7 nitrogen and oxygen atoms in total. The number of carbonyl (C=O) groups is 1. The molecule has 7 heteroatoms. The van der Waals surface area contributed by atoms with E-state index in [-0.39, 0.29) is 5.92 Å². The molecule has 2 aliphatic rings. The second-order valence-corrected chi connectivity index (χ2v) is 7.77. The third-order valence-corrected chi connectivity index (χ3v) is 5.96. The molecule has 1 aromatic heterocycles. The lowest BCUT2D eigenvalue weighted by molar-refractivity contribution is -0.139. The van der Waals surface area contributed by atoms with Crippen LogP contribution in [-0.2, 0) is 4.79 Å². The van der Waals surface area contributed by atoms with Crippen molar-refractivity contribution in [3.8, 4) is 17.1 Å². The second-order valence-electron chi connectivity index (χ2n) is 7.77. The topological polar surface area (TPSA) is 71.7 Å². The third-order valence-electron chi connectivity index (χ3n) is 5.96. The molecule has 1 atom stereocenters. The molecule has 0 saturated carbocycles. The van der Waals surface area contributed by atoms with Crippen molar-refractivity contribution in [2.45, 2.75) is 45.1 Å². The quantitative estimate of drug-likeness (QED) is 0.805. The second kappa shape index (κ2) is 8.20. The van der Waals surface area contributed by atoms with E-state index in [4.69, 9.17) is 9.26 Å². The monoisotopic (exact) mass is 384 g/mol. The van der Waals surface area contributed by atoms with E-state index >= 15 is 0 Å². The molecule has 1 amide bonds. The van der Waals surface area contributed by atoms with Gasteiger partial charge in [-0.15, -0.1) is 0 Å². The highest BCUT2D eigenvalue weighted by Gasteiger charge is 2.33. The number of benzene rings is 1. The van der Waals surface area contributed by atoms with E-state index in [1.807, 2.05) is 24.3 Å². The summed E-state index contributed by atoms with van der Waals surface area (Å²) in [7, 11) is 1.64. The van der Waals surface area contributed by atoms with Gasteiger partial charge in [-0.05, 0) is 63.3 Å². The van der Waals surface area contributed by atoms with E-state index < -0.39 is 0 Å². The molecule has 1 aromatic carbocycles. The average Bonchev–Trinajstić information content (AvgIpc) is 3.24. The van der Waals surface area contributed by atoms with Crippen LogP contribution in [0.4, 0.5) is 6.01 Å². The summed E-state index contributed by atoms with van der Waals surface area (Å²) in [6, 6.07) is 8.50. The van der Waals surface area contributed by atoms with Gasteiger partial charge in [-0.1, -0.05) is 5.16 Å². The van der Waals surface area contributed by atoms with Crippen LogP contribution in [0, 0.1) is 5.92 Å². The molecule has 2 fully saturated rings. The fourth-order valence-corrected chi connectivity index (χ4v) is 4.18. The standard InChI is InChI=1S/C21H28N4O3/c1-15-5-3-4-12-25(15)20(26)17-10-13-24(14-11-17)21-22-19(23-28-21)16-6-8-18(27-2)9-7-16/h6-9,15,17H,3-5,10-14H2,1-2H3. The number of amides is 1. The van der Waals surface area contributed by atoms with Crippen LogP contribution in [0.1, 0.15) is 39.0 Å². The van der Waals surface area contributed by atoms with Crippen molar-refractivity contribution in [3.05, 3.63) is 24.3 Å². The van der Waals surface area contributed by atoms with E-state index in [9.17, 15) is 4.79 Å². The predicted octanol–water partition coefficient (Wildman–Crippen LogP) is 3.36. The fourth-order valence-electron chi connectivity index (χ4n) is 4.18. The highest BCUT2D eigenvalue weighted by atomic mass is 16.5. The highest BCUT2D eigenvalue weighted by molar-refractivity contribution is 5.79. The van der Waals surface area contributed by atoms with Crippen molar-refractivity contribution < 1.29 is 14.1 Å². The average molecular weight is 384 g/mol. The number of likely N-dealkylation sites (tertiary alicyclic amines) is 1. The molecule has 150 valence electrons. The molecule has 0 aliphatic carbocycles. The lowest BCUT2D eigenvalue weighted by Crippen LogP contribution is -2.47. The van der Waals surface area contributed by atoms with Crippen LogP contribution in [-0.4, -0.2) is 53.7 Å². The van der Waals surface area contributed by atoms with Crippen LogP contribution < -0.4 is 9.64 Å². The van der Waals surface area contributed by atoms with Crippen molar-refractivity contribution in [3.63, 3.8) is 0 Å². The van der Waals surface area contributed by atoms with Crippen molar-refractivity contribution in [1.29, 1.82) is 0 Å². The first-order valence-corrected chi connectivity index (χ1v) is 10.2. The Bertz CT molecular complexity index is 796. The van der Waals surface area contributed by atoms with Crippen LogP contribution in [0.2, 0.25) is 0 Å². The van der Waals surface area contributed by atoms with Gasteiger partial charge >= 0.3 is 6.01 Å². The molecule has 2 saturated heterocycles. The van der Waals surface area contributed by atoms with Gasteiger partial charge in [-0.25, -0.2) is 0 Å². The Balaban J connectivity index is 1.36. The first kappa shape index (κ1) is 18.8. The summed E-state index contributed by atoms with van der Waals surface area (Å²) in [5.74, 6) is 1.80. The Labute approximate surface area is 165 Å². The van der Waals surface area contributed by atoms with Gasteiger partial charge in [-0.2, -0.15) is 4.98 Å². The van der Waals surface area contributed by atoms with Gasteiger partial charge in [0.15, 0.2) is 0 Å². The van der Waals surface area contributed by atoms with Crippen LogP contribution in [0.5, 0.6) is 5.75 Å². The van der Waals surface area contributed by atoms with Gasteiger partial charge in [0, 0.05) is 37.2 Å². The van der Waals surface area contributed by atoms with Crippen molar-refractivity contribution in [1.82, 2.24) is 15.0 Å². The molecule has 4 rings (SSSR count). The molecule has 28 heavy (non-hydrogen) atoms. The van der Waals surface area contributed by atoms with Gasteiger partial charge in [0.2, 0.25) is 11.7 Å². The minimum atomic E-state index is 0.112. The van der Waals surface area contributed by atoms with E-state index in [0.717, 1.165) is 56.6 Å². The van der Waals surface area contributed by atoms with E-state index in [0.29, 0.717) is 23.8 Å². The summed E-state index contributed by atoms with van der Waals surface area (Å²) in [6.07, 6.45) is 5.16. The number of hydrogen-bond acceptors (Lipinski definition) is 6. The van der Waals surface area contributed by atoms with Crippen molar-refractivity contribution in [2.24, 2.45) is 5.92 Å². The summed E-state index contributed by atoms with van der Waals surface area (Å²) in [5, 5.41) is 4.11. The van der Waals surface area contributed by atoms with Crippen LogP contribution in [0.3, 0.4) is 0 Å². The lowest BCUT2D eigenvalue weighted by Gasteiger charge is -2.38. The summed E-state index contributed by atoms with van der Waals surface area (Å²) in [4.78, 5) is 21.6. The van der Waals surface area contributed by atoms with Gasteiger partial charge in [0.05, 0.1) is 7.11 Å². The van der Waals surface area contributed by atoms with Crippen LogP contribution in [0.15, 0.2) is 28.8 Å². The Hall–Kier alpha value is -2.57. The molecule has 0 bridgehead atoms. The van der Waals surface area contributed by atoms with Gasteiger partial charge in [-0.3, -0.25) is 4.79 Å². The molecule has 3 heterocycles. The molecular formula is C21H28N4O3. The Morgan fingerprint density at radius 1 is 1.11 bits per heavy atom. The van der Waals surface area contributed by atoms with Gasteiger partial charge in [0.1, 0.15) is 5.75 Å². The Morgan fingerprint density at radius 2 is 1.86 bits per heavy atom. The van der Waals surface area contributed by atoms with Crippen molar-refractivity contribution >= 4 is 11.9 Å². The zero-order valence-corrected chi connectivity index (χ0v) is 16.6. The number of piperidine rings is 2. The first-order valence-electron chi connectivity index (χ1n) is 10.2. The third kappa shape index (κ3) is 3.84. The number of ether oxygens (including phenoxy) is 1. The number of hydrogen-bond donors (Lipinski definition) is 0. The summed E-state index contributed by atoms with van der Waals surface area (Å²) in [5.41, 5.74) is 0.889. The summed E-state index contributed by atoms with van der Waals surface area (Å²) < 4.78 is 10.7. The van der Waals surface area contributed by atoms with E-state index in [2.05, 4.69) is 26.9 Å². The number of anilines is 1. The van der Waals surface area contributed by atoms with E-state index in [1.165, 1.54) is 6.42 Å². The zero-order valence-electron chi connectivity index (χ0n) is 16.6. The van der Waals surface area contributed by atoms with Crippen LogP contribution in [0.25, 0.3) is 11.4 Å². The molecular weight excluding hydrogens is 356 g/mol. The van der Waals surface area contributed by atoms with E-state index in [1.54, 1.807) is 7.11 Å². The normalized spacial score (nSPS) is 21.0. The minimum Gasteiger partial charge on any atom is -0.497 e. The SMILES string of the molecule is COc1ccc(-c2noc(N3CCC(C(=O)N4CCCCC4C)CC3)n2)cc1. The largest absolute Gasteiger partial charge is 0.497 e. The molecule has 0 N–H and O–H groups in total. The minimum absolute atomic E-state index is 0.112. The van der Waals surface area contributed by atoms with Gasteiger partial charge in [0.25, 0.3) is 0 Å². The Morgan fingerprint density at radius 3 is 2.54 bits per heavy atom. The molecule has 0 radical (unpaired) electrons. The maximum absolute atomic E-state index is 12.9. The maximum Gasteiger partial charge on any atom is 0.324 e. The maximum atomic E-state index is 12.9. The smallest absolute Gasteiger partial charge is 0.324 e. The predicted molar refractivity (Wildman–Crippen MR) is 106 cm³/mol. The number of aromatic nitrogens is 2. The van der Waals surface area contributed by atoms with Gasteiger partial charge < -0.3 is 19.1 Å². The summed E-state index contributed by atoms with van der Waals surface area (Å²) >= 11 is 0. The fraction of sp³-hybridized carbons (Fsp3) is 0.571. The number of methoxy groups -OCH3 is 1. The molecule has 2 aromatic rings. The summed E-state index contributed by atoms with van der Waals surface area (Å²) in [6.45, 7) is 4.62. The number of rotatable bonds is 4. The highest BCUT2D eigenvalue weighted by Crippen LogP contribution is 2.28. The Kier molecular flexibility index (Phi) is 5.50. The molecule has 2 aliphatic heterocycles. The lowest BCUT2D eigenvalue weighted by atomic mass is 9.93. The number of nitrogens with zero attached hydrogens (tertiary/aromatic N) is 4. The first-order chi connectivity index (χ1) is 13.7. The van der Waals surface area contributed by atoms with Crippen LogP contribution >= 0.6 is 0 Å². The van der Waals surface area contributed by atoms with Crippen molar-refractivity contribution in [2.75, 3.05) is 31.6 Å². The molecule has 0 spiro atoms. The number of carbonyl (C=O) groups excluding carboxylic acids is 1. The molecule has 1 unspecified atom stereocenters. The zero-order chi connectivity index (χ0) is 19.5.